The third kappa shape index (κ3) is 2.43. The highest BCUT2D eigenvalue weighted by atomic mass is 32.1. The molecule has 120 valence electrons. The number of hydrogen-bond donors (Lipinski definition) is 0. The molecule has 0 saturated carbocycles. The second-order valence-corrected chi connectivity index (χ2v) is 6.30. The molecule has 4 rings (SSSR count). The van der Waals surface area contributed by atoms with Crippen LogP contribution in [0, 0.1) is 12.7 Å². The SMILES string of the molecule is Cc1c(Cn2cnc3sccc3c2=O)noc1-c1ccc(F)cc1. The maximum absolute atomic E-state index is 13.1. The van der Waals surface area contributed by atoms with Crippen molar-refractivity contribution < 1.29 is 8.91 Å². The summed E-state index contributed by atoms with van der Waals surface area (Å²) in [5, 5.41) is 6.51. The first-order valence-corrected chi connectivity index (χ1v) is 8.15. The van der Waals surface area contributed by atoms with E-state index in [9.17, 15) is 9.18 Å². The molecule has 0 amide bonds. The van der Waals surface area contributed by atoms with Crippen molar-refractivity contribution in [1.82, 2.24) is 14.7 Å². The number of hydrogen-bond acceptors (Lipinski definition) is 5. The molecule has 0 unspecified atom stereocenters. The van der Waals surface area contributed by atoms with E-state index in [1.807, 2.05) is 12.3 Å². The monoisotopic (exact) mass is 341 g/mol. The Morgan fingerprint density at radius 3 is 2.83 bits per heavy atom. The van der Waals surface area contributed by atoms with Crippen molar-refractivity contribution in [2.45, 2.75) is 13.5 Å². The molecule has 0 aliphatic carbocycles. The summed E-state index contributed by atoms with van der Waals surface area (Å²) in [4.78, 5) is 17.5. The summed E-state index contributed by atoms with van der Waals surface area (Å²) < 4.78 is 20.0. The van der Waals surface area contributed by atoms with Crippen LogP contribution in [-0.4, -0.2) is 14.7 Å². The molecule has 0 aliphatic rings. The van der Waals surface area contributed by atoms with Crippen LogP contribution in [0.25, 0.3) is 21.5 Å². The highest BCUT2D eigenvalue weighted by molar-refractivity contribution is 7.16. The molecule has 3 aromatic heterocycles. The molecule has 3 heterocycles. The van der Waals surface area contributed by atoms with E-state index in [1.165, 1.54) is 34.4 Å². The van der Waals surface area contributed by atoms with Crippen molar-refractivity contribution in [3.63, 3.8) is 0 Å². The molecule has 4 aromatic rings. The standard InChI is InChI=1S/C17H12FN3O2S/c1-10-14(20-23-15(10)11-2-4-12(18)5-3-11)8-21-9-19-16-13(17(21)22)6-7-24-16/h2-7,9H,8H2,1H3. The maximum atomic E-state index is 13.1. The highest BCUT2D eigenvalue weighted by Gasteiger charge is 2.15. The molecular formula is C17H12FN3O2S. The van der Waals surface area contributed by atoms with Gasteiger partial charge in [-0.1, -0.05) is 5.16 Å². The van der Waals surface area contributed by atoms with E-state index in [4.69, 9.17) is 4.52 Å². The predicted molar refractivity (Wildman–Crippen MR) is 89.6 cm³/mol. The summed E-state index contributed by atoms with van der Waals surface area (Å²) >= 11 is 1.43. The van der Waals surface area contributed by atoms with Gasteiger partial charge in [0.15, 0.2) is 5.76 Å². The number of halogens is 1. The predicted octanol–water partition coefficient (Wildman–Crippen LogP) is 3.61. The maximum Gasteiger partial charge on any atom is 0.262 e. The summed E-state index contributed by atoms with van der Waals surface area (Å²) in [5.41, 5.74) is 2.10. The van der Waals surface area contributed by atoms with Gasteiger partial charge in [0.1, 0.15) is 16.3 Å². The number of nitrogens with zero attached hydrogens (tertiary/aromatic N) is 3. The number of benzene rings is 1. The zero-order chi connectivity index (χ0) is 16.7. The summed E-state index contributed by atoms with van der Waals surface area (Å²) in [5.74, 6) is 0.264. The van der Waals surface area contributed by atoms with Gasteiger partial charge in [-0.3, -0.25) is 9.36 Å². The summed E-state index contributed by atoms with van der Waals surface area (Å²) in [6.45, 7) is 2.14. The molecule has 0 fully saturated rings. The minimum Gasteiger partial charge on any atom is -0.356 e. The van der Waals surface area contributed by atoms with Gasteiger partial charge >= 0.3 is 0 Å². The van der Waals surface area contributed by atoms with Crippen LogP contribution in [0.15, 0.2) is 51.4 Å². The normalized spacial score (nSPS) is 11.2. The van der Waals surface area contributed by atoms with Gasteiger partial charge in [0.2, 0.25) is 0 Å². The van der Waals surface area contributed by atoms with Crippen molar-refractivity contribution in [3.05, 3.63) is 69.5 Å². The molecule has 0 spiro atoms. The van der Waals surface area contributed by atoms with Gasteiger partial charge in [-0.25, -0.2) is 9.37 Å². The number of fused-ring (bicyclic) bond motifs is 1. The number of thiophene rings is 1. The molecule has 0 radical (unpaired) electrons. The Bertz CT molecular complexity index is 1080. The third-order valence-corrected chi connectivity index (χ3v) is 4.72. The molecule has 0 bridgehead atoms. The van der Waals surface area contributed by atoms with Gasteiger partial charge < -0.3 is 4.52 Å². The van der Waals surface area contributed by atoms with E-state index in [1.54, 1.807) is 18.2 Å². The minimum absolute atomic E-state index is 0.105. The van der Waals surface area contributed by atoms with Gasteiger partial charge in [-0.05, 0) is 42.6 Å². The largest absolute Gasteiger partial charge is 0.356 e. The first-order chi connectivity index (χ1) is 11.6. The Morgan fingerprint density at radius 2 is 2.04 bits per heavy atom. The summed E-state index contributed by atoms with van der Waals surface area (Å²) in [7, 11) is 0. The van der Waals surface area contributed by atoms with Gasteiger partial charge in [0, 0.05) is 11.1 Å². The van der Waals surface area contributed by atoms with Gasteiger partial charge in [0.25, 0.3) is 5.56 Å². The zero-order valence-corrected chi connectivity index (χ0v) is 13.5. The van der Waals surface area contributed by atoms with Gasteiger partial charge in [-0.2, -0.15) is 0 Å². The average molecular weight is 341 g/mol. The smallest absolute Gasteiger partial charge is 0.262 e. The van der Waals surface area contributed by atoms with E-state index < -0.39 is 0 Å². The lowest BCUT2D eigenvalue weighted by Crippen LogP contribution is -2.20. The molecule has 0 saturated heterocycles. The van der Waals surface area contributed by atoms with Crippen molar-refractivity contribution in [2.24, 2.45) is 0 Å². The van der Waals surface area contributed by atoms with Crippen LogP contribution >= 0.6 is 11.3 Å². The number of aromatic nitrogens is 3. The Morgan fingerprint density at radius 1 is 1.25 bits per heavy atom. The van der Waals surface area contributed by atoms with Crippen LogP contribution in [0.2, 0.25) is 0 Å². The fourth-order valence-electron chi connectivity index (χ4n) is 2.55. The molecule has 0 N–H and O–H groups in total. The summed E-state index contributed by atoms with van der Waals surface area (Å²) in [6.07, 6.45) is 1.52. The van der Waals surface area contributed by atoms with Crippen LogP contribution in [0.4, 0.5) is 4.39 Å². The second-order valence-electron chi connectivity index (χ2n) is 5.41. The Balaban J connectivity index is 1.71. The average Bonchev–Trinajstić information content (AvgIpc) is 3.19. The third-order valence-electron chi connectivity index (χ3n) is 3.90. The molecule has 24 heavy (non-hydrogen) atoms. The Hall–Kier alpha value is -2.80. The van der Waals surface area contributed by atoms with Crippen molar-refractivity contribution in [3.8, 4) is 11.3 Å². The van der Waals surface area contributed by atoms with Crippen molar-refractivity contribution in [1.29, 1.82) is 0 Å². The van der Waals surface area contributed by atoms with Crippen LogP contribution in [0.5, 0.6) is 0 Å². The van der Waals surface area contributed by atoms with Crippen LogP contribution in [0.3, 0.4) is 0 Å². The summed E-state index contributed by atoms with van der Waals surface area (Å²) in [6, 6.07) is 7.78. The van der Waals surface area contributed by atoms with Crippen molar-refractivity contribution in [2.75, 3.05) is 0 Å². The quantitative estimate of drug-likeness (QED) is 0.571. The lowest BCUT2D eigenvalue weighted by molar-refractivity contribution is 0.420. The van der Waals surface area contributed by atoms with E-state index in [0.717, 1.165) is 16.0 Å². The fourth-order valence-corrected chi connectivity index (χ4v) is 3.28. The highest BCUT2D eigenvalue weighted by Crippen LogP contribution is 2.26. The molecule has 7 heteroatoms. The molecule has 5 nitrogen and oxygen atoms in total. The number of rotatable bonds is 3. The molecule has 1 aromatic carbocycles. The first-order valence-electron chi connectivity index (χ1n) is 7.27. The lowest BCUT2D eigenvalue weighted by Gasteiger charge is -2.03. The second kappa shape index (κ2) is 5.68. The minimum atomic E-state index is -0.308. The topological polar surface area (TPSA) is 60.9 Å². The van der Waals surface area contributed by atoms with Gasteiger partial charge in [0.05, 0.1) is 18.3 Å². The lowest BCUT2D eigenvalue weighted by atomic mass is 10.1. The Kier molecular flexibility index (Phi) is 3.50. The molecule has 0 atom stereocenters. The molecular weight excluding hydrogens is 329 g/mol. The van der Waals surface area contributed by atoms with E-state index in [0.29, 0.717) is 16.8 Å². The van der Waals surface area contributed by atoms with Crippen LogP contribution < -0.4 is 5.56 Å². The van der Waals surface area contributed by atoms with E-state index in [2.05, 4.69) is 10.1 Å². The van der Waals surface area contributed by atoms with E-state index >= 15 is 0 Å². The zero-order valence-electron chi connectivity index (χ0n) is 12.7. The van der Waals surface area contributed by atoms with E-state index in [-0.39, 0.29) is 17.9 Å². The fraction of sp³-hybridized carbons (Fsp3) is 0.118. The van der Waals surface area contributed by atoms with Crippen molar-refractivity contribution >= 4 is 21.6 Å². The Labute approximate surface area is 140 Å². The van der Waals surface area contributed by atoms with Crippen LogP contribution in [-0.2, 0) is 6.54 Å². The van der Waals surface area contributed by atoms with Gasteiger partial charge in [-0.15, -0.1) is 11.3 Å². The first kappa shape index (κ1) is 14.8. The molecule has 0 aliphatic heterocycles. The van der Waals surface area contributed by atoms with Crippen LogP contribution in [0.1, 0.15) is 11.3 Å².